The molecule has 0 unspecified atom stereocenters. The zero-order valence-electron chi connectivity index (χ0n) is 6.86. The molecule has 1 aromatic carbocycles. The van der Waals surface area contributed by atoms with Crippen LogP contribution in [0.15, 0.2) is 24.3 Å². The summed E-state index contributed by atoms with van der Waals surface area (Å²) in [6, 6.07) is 6.87. The summed E-state index contributed by atoms with van der Waals surface area (Å²) in [7, 11) is 0. The summed E-state index contributed by atoms with van der Waals surface area (Å²) in [5, 5.41) is 8.49. The third kappa shape index (κ3) is 2.83. The van der Waals surface area contributed by atoms with Crippen LogP contribution in [0, 0.1) is 0 Å². The molecule has 1 rings (SSSR count). The predicted molar refractivity (Wildman–Crippen MR) is 53.7 cm³/mol. The van der Waals surface area contributed by atoms with Gasteiger partial charge in [0.2, 0.25) is 0 Å². The number of benzene rings is 1. The molecule has 0 amide bonds. The highest BCUT2D eigenvalue weighted by Crippen LogP contribution is 2.04. The minimum Gasteiger partial charge on any atom is -0.481 e. The van der Waals surface area contributed by atoms with Gasteiger partial charge in [0.05, 0.1) is 6.42 Å². The fraction of sp³-hybridized carbons (Fsp3) is 0.111. The molecule has 0 saturated heterocycles. The van der Waals surface area contributed by atoms with E-state index in [9.17, 15) is 4.79 Å². The maximum atomic E-state index is 10.3. The van der Waals surface area contributed by atoms with Crippen LogP contribution in [0.4, 0.5) is 0 Å². The van der Waals surface area contributed by atoms with Crippen molar-refractivity contribution in [3.05, 3.63) is 35.4 Å². The minimum absolute atomic E-state index is 0.0254. The zero-order valence-corrected chi connectivity index (χ0v) is 7.67. The van der Waals surface area contributed by atoms with Crippen LogP contribution in [0.25, 0.3) is 0 Å². The molecule has 1 aromatic rings. The van der Waals surface area contributed by atoms with Crippen LogP contribution in [0.5, 0.6) is 0 Å². The van der Waals surface area contributed by atoms with E-state index >= 15 is 0 Å². The van der Waals surface area contributed by atoms with Crippen molar-refractivity contribution in [3.8, 4) is 0 Å². The molecule has 0 aliphatic heterocycles. The number of aliphatic carboxylic acids is 1. The number of thiocarbonyl (C=S) groups is 1. The first-order valence-corrected chi connectivity index (χ1v) is 4.11. The SMILES string of the molecule is NC(=S)c1ccc(CC(=O)O)cc1. The van der Waals surface area contributed by atoms with Gasteiger partial charge in [-0.05, 0) is 5.56 Å². The molecule has 0 aromatic heterocycles. The molecule has 0 aliphatic carbocycles. The third-order valence-corrected chi connectivity index (χ3v) is 1.83. The number of hydrogen-bond donors (Lipinski definition) is 2. The van der Waals surface area contributed by atoms with Gasteiger partial charge >= 0.3 is 5.97 Å². The van der Waals surface area contributed by atoms with Crippen molar-refractivity contribution >= 4 is 23.2 Å². The Morgan fingerprint density at radius 3 is 2.31 bits per heavy atom. The van der Waals surface area contributed by atoms with Gasteiger partial charge in [0.25, 0.3) is 0 Å². The summed E-state index contributed by atoms with van der Waals surface area (Å²) in [5.41, 5.74) is 6.88. The van der Waals surface area contributed by atoms with E-state index in [4.69, 9.17) is 23.1 Å². The van der Waals surface area contributed by atoms with Crippen molar-refractivity contribution in [2.45, 2.75) is 6.42 Å². The highest BCUT2D eigenvalue weighted by atomic mass is 32.1. The van der Waals surface area contributed by atoms with E-state index in [-0.39, 0.29) is 6.42 Å². The first kappa shape index (κ1) is 9.67. The monoisotopic (exact) mass is 195 g/mol. The Hall–Kier alpha value is -1.42. The average Bonchev–Trinajstić information content (AvgIpc) is 2.04. The predicted octanol–water partition coefficient (Wildman–Crippen LogP) is 0.948. The van der Waals surface area contributed by atoms with Gasteiger partial charge in [0, 0.05) is 5.56 Å². The van der Waals surface area contributed by atoms with Crippen LogP contribution in [0.1, 0.15) is 11.1 Å². The Morgan fingerprint density at radius 1 is 1.38 bits per heavy atom. The molecule has 0 aliphatic rings. The Morgan fingerprint density at radius 2 is 1.92 bits per heavy atom. The summed E-state index contributed by atoms with van der Waals surface area (Å²) in [5.74, 6) is -0.844. The van der Waals surface area contributed by atoms with Crippen LogP contribution in [-0.4, -0.2) is 16.1 Å². The largest absolute Gasteiger partial charge is 0.481 e. The lowest BCUT2D eigenvalue weighted by Gasteiger charge is -1.99. The molecular formula is C9H9NO2S. The highest BCUT2D eigenvalue weighted by molar-refractivity contribution is 7.80. The molecular weight excluding hydrogens is 186 g/mol. The first-order valence-electron chi connectivity index (χ1n) is 3.70. The number of hydrogen-bond acceptors (Lipinski definition) is 2. The topological polar surface area (TPSA) is 63.3 Å². The van der Waals surface area contributed by atoms with Crippen LogP contribution >= 0.6 is 12.2 Å². The van der Waals surface area contributed by atoms with Crippen molar-refractivity contribution in [3.63, 3.8) is 0 Å². The van der Waals surface area contributed by atoms with E-state index in [1.54, 1.807) is 24.3 Å². The fourth-order valence-electron chi connectivity index (χ4n) is 0.961. The number of carbonyl (C=O) groups is 1. The van der Waals surface area contributed by atoms with Crippen molar-refractivity contribution < 1.29 is 9.90 Å². The Bertz CT molecular complexity index is 332. The smallest absolute Gasteiger partial charge is 0.307 e. The van der Waals surface area contributed by atoms with Crippen molar-refractivity contribution in [2.24, 2.45) is 5.73 Å². The number of nitrogens with two attached hydrogens (primary N) is 1. The molecule has 3 nitrogen and oxygen atoms in total. The molecule has 68 valence electrons. The molecule has 0 heterocycles. The number of carboxylic acid groups (broad SMARTS) is 1. The second-order valence-corrected chi connectivity index (χ2v) is 3.07. The molecule has 13 heavy (non-hydrogen) atoms. The second-order valence-electron chi connectivity index (χ2n) is 2.63. The summed E-state index contributed by atoms with van der Waals surface area (Å²) in [6.45, 7) is 0. The maximum Gasteiger partial charge on any atom is 0.307 e. The van der Waals surface area contributed by atoms with Crippen LogP contribution < -0.4 is 5.73 Å². The van der Waals surface area contributed by atoms with E-state index in [0.717, 1.165) is 11.1 Å². The number of rotatable bonds is 3. The van der Waals surface area contributed by atoms with Gasteiger partial charge in [-0.3, -0.25) is 4.79 Å². The molecule has 3 N–H and O–H groups in total. The summed E-state index contributed by atoms with van der Waals surface area (Å²) >= 11 is 4.75. The summed E-state index contributed by atoms with van der Waals surface area (Å²) < 4.78 is 0. The van der Waals surface area contributed by atoms with E-state index in [1.807, 2.05) is 0 Å². The molecule has 0 atom stereocenters. The Balaban J connectivity index is 2.81. The molecule has 0 fully saturated rings. The van der Waals surface area contributed by atoms with Crippen LogP contribution in [0.3, 0.4) is 0 Å². The molecule has 0 radical (unpaired) electrons. The van der Waals surface area contributed by atoms with Crippen molar-refractivity contribution in [2.75, 3.05) is 0 Å². The normalized spacial score (nSPS) is 9.54. The number of carboxylic acids is 1. The van der Waals surface area contributed by atoms with Gasteiger partial charge in [-0.2, -0.15) is 0 Å². The standard InChI is InChI=1S/C9H9NO2S/c10-9(13)7-3-1-6(2-4-7)5-8(11)12/h1-4H,5H2,(H2,10,13)(H,11,12). The average molecular weight is 195 g/mol. The molecule has 0 saturated carbocycles. The maximum absolute atomic E-state index is 10.3. The molecule has 0 spiro atoms. The quantitative estimate of drug-likeness (QED) is 0.705. The lowest BCUT2D eigenvalue weighted by Crippen LogP contribution is -2.09. The Labute approximate surface area is 81.2 Å². The summed E-state index contributed by atoms with van der Waals surface area (Å²) in [4.78, 5) is 10.7. The second kappa shape index (κ2) is 4.00. The van der Waals surface area contributed by atoms with E-state index in [0.29, 0.717) is 4.99 Å². The van der Waals surface area contributed by atoms with Gasteiger partial charge in [-0.1, -0.05) is 36.5 Å². The van der Waals surface area contributed by atoms with E-state index in [1.165, 1.54) is 0 Å². The van der Waals surface area contributed by atoms with Gasteiger partial charge in [-0.15, -0.1) is 0 Å². The van der Waals surface area contributed by atoms with E-state index in [2.05, 4.69) is 0 Å². The molecule has 4 heteroatoms. The van der Waals surface area contributed by atoms with Crippen LogP contribution in [-0.2, 0) is 11.2 Å². The van der Waals surface area contributed by atoms with Gasteiger partial charge < -0.3 is 10.8 Å². The van der Waals surface area contributed by atoms with Crippen molar-refractivity contribution in [1.82, 2.24) is 0 Å². The van der Waals surface area contributed by atoms with Gasteiger partial charge in [-0.25, -0.2) is 0 Å². The van der Waals surface area contributed by atoms with Gasteiger partial charge in [0.15, 0.2) is 0 Å². The lowest BCUT2D eigenvalue weighted by atomic mass is 10.1. The van der Waals surface area contributed by atoms with E-state index < -0.39 is 5.97 Å². The van der Waals surface area contributed by atoms with Crippen molar-refractivity contribution in [1.29, 1.82) is 0 Å². The minimum atomic E-state index is -0.844. The summed E-state index contributed by atoms with van der Waals surface area (Å²) in [6.07, 6.45) is 0.0254. The van der Waals surface area contributed by atoms with Gasteiger partial charge in [0.1, 0.15) is 4.99 Å². The molecule has 0 bridgehead atoms. The Kier molecular flexibility index (Phi) is 2.97. The first-order chi connectivity index (χ1) is 6.09. The highest BCUT2D eigenvalue weighted by Gasteiger charge is 2.00. The fourth-order valence-corrected chi connectivity index (χ4v) is 1.10. The third-order valence-electron chi connectivity index (χ3n) is 1.59. The van der Waals surface area contributed by atoms with Crippen LogP contribution in [0.2, 0.25) is 0 Å². The lowest BCUT2D eigenvalue weighted by molar-refractivity contribution is -0.136. The zero-order chi connectivity index (χ0) is 9.84.